The summed E-state index contributed by atoms with van der Waals surface area (Å²) in [6.45, 7) is 83.7. The van der Waals surface area contributed by atoms with Crippen LogP contribution in [0.3, 0.4) is 0 Å². The van der Waals surface area contributed by atoms with Gasteiger partial charge in [-0.3, -0.25) is 0 Å². The topological polar surface area (TPSA) is 57.4 Å². The van der Waals surface area contributed by atoms with Crippen molar-refractivity contribution in [2.45, 2.75) is 314 Å². The molecule has 4 nitrogen and oxygen atoms in total. The first-order chi connectivity index (χ1) is 67.2. The molecule has 0 saturated heterocycles. The van der Waals surface area contributed by atoms with Crippen molar-refractivity contribution in [1.29, 1.82) is 0 Å². The van der Waals surface area contributed by atoms with E-state index in [4.69, 9.17) is 9.97 Å². The van der Waals surface area contributed by atoms with Crippen molar-refractivity contribution in [3.8, 4) is 44.5 Å². The van der Waals surface area contributed by atoms with E-state index >= 15 is 0 Å². The van der Waals surface area contributed by atoms with Crippen LogP contribution in [0.2, 0.25) is 0 Å². The summed E-state index contributed by atoms with van der Waals surface area (Å²) < 4.78 is 1.14. The molecule has 10 aromatic carbocycles. The van der Waals surface area contributed by atoms with Crippen LogP contribution >= 0.6 is 22.6 Å². The molecule has 145 heavy (non-hydrogen) atoms. The fourth-order valence-electron chi connectivity index (χ4n) is 18.9. The van der Waals surface area contributed by atoms with Gasteiger partial charge < -0.3 is 9.97 Å². The Morgan fingerprint density at radius 1 is 0.166 bits per heavy atom. The lowest BCUT2D eigenvalue weighted by Gasteiger charge is -2.25. The molecule has 0 unspecified atom stereocenters. The molecule has 13 aromatic rings. The number of halogens is 1. The second-order valence-corrected chi connectivity index (χ2v) is 55.0. The van der Waals surface area contributed by atoms with E-state index in [2.05, 4.69) is 591 Å². The molecule has 5 heteroatoms. The molecule has 0 aliphatic carbocycles. The van der Waals surface area contributed by atoms with Crippen molar-refractivity contribution in [3.05, 3.63) is 372 Å². The molecule has 15 rings (SSSR count). The molecular formula is C140H161IN4. The third kappa shape index (κ3) is 26.2. The van der Waals surface area contributed by atoms with Crippen LogP contribution in [0, 0.1) is 3.57 Å². The Morgan fingerprint density at radius 3 is 0.448 bits per heavy atom. The monoisotopic (exact) mass is 2030 g/mol. The Hall–Kier alpha value is -12.0. The Bertz CT molecular complexity index is 6870. The first kappa shape index (κ1) is 107. The lowest BCUT2D eigenvalue weighted by molar-refractivity contribution is 0.568. The summed E-state index contributed by atoms with van der Waals surface area (Å²) in [7, 11) is 0. The van der Waals surface area contributed by atoms with Gasteiger partial charge in [0, 0.05) is 47.9 Å². The van der Waals surface area contributed by atoms with E-state index in [1.807, 2.05) is 0 Å². The zero-order valence-electron chi connectivity index (χ0n) is 94.2. The number of hydrogen-bond donors (Lipinski definition) is 2. The molecule has 748 valence electrons. The molecule has 2 aliphatic heterocycles. The third-order valence-electron chi connectivity index (χ3n) is 28.6. The van der Waals surface area contributed by atoms with E-state index in [9.17, 15) is 0 Å². The summed E-state index contributed by atoms with van der Waals surface area (Å²) in [5.41, 5.74) is 42.8. The van der Waals surface area contributed by atoms with Crippen LogP contribution in [-0.4, -0.2) is 19.9 Å². The summed E-state index contributed by atoms with van der Waals surface area (Å²) in [5.74, 6) is 0. The van der Waals surface area contributed by atoms with Crippen LogP contribution in [0.4, 0.5) is 0 Å². The van der Waals surface area contributed by atoms with Gasteiger partial charge in [0.25, 0.3) is 0 Å². The fourth-order valence-corrected chi connectivity index (χ4v) is 19.3. The molecule has 5 heterocycles. The van der Waals surface area contributed by atoms with Crippen molar-refractivity contribution in [2.24, 2.45) is 0 Å². The largest absolute Gasteiger partial charge is 0.354 e. The number of aromatic nitrogens is 4. The van der Waals surface area contributed by atoms with Crippen molar-refractivity contribution < 1.29 is 0 Å². The highest BCUT2D eigenvalue weighted by Crippen LogP contribution is 2.46. The molecule has 2 N–H and O–H groups in total. The van der Waals surface area contributed by atoms with Crippen LogP contribution in [-0.2, 0) is 65.0 Å². The summed E-state index contributed by atoms with van der Waals surface area (Å²) in [4.78, 5) is 20.8. The van der Waals surface area contributed by atoms with Gasteiger partial charge in [-0.1, -0.05) is 443 Å². The highest BCUT2D eigenvalue weighted by atomic mass is 127. The maximum absolute atomic E-state index is 6.21. The Balaban J connectivity index is 1.09. The van der Waals surface area contributed by atoms with Gasteiger partial charge in [-0.2, -0.15) is 0 Å². The number of H-pyrrole nitrogens is 2. The number of rotatable bonds is 16. The predicted molar refractivity (Wildman–Crippen MR) is 650 cm³/mol. The van der Waals surface area contributed by atoms with Gasteiger partial charge in [-0.25, -0.2) is 9.97 Å². The van der Waals surface area contributed by atoms with Crippen molar-refractivity contribution in [2.75, 3.05) is 0 Å². The standard InChI is InChI=1S/C140H161IN4/c1-129(2,3)104-70-94(71-105(82-104)130(4,5)6)43-37-88-61-89(38-44-95-72-106(131(7,8)9)83-107(73-95)132(10,11)12)65-101(64-88)126-119-55-53-117(142-119)125(100-49-51-116(141)52-50-100)118-54-56-120(143-118)127(102-66-90(39-45-96-74-108(133(13,14)15)84-109(75-96)134(16,17)18)62-91(67-102)40-46-97-76-110(135(19,20)21)85-111(77-97)136(22,23)24)122-58-60-124(145-122)128(123-59-57-121(126)144-123)103-68-92(41-47-98-78-112(137(25,26)27)86-113(79-98)138(28,29)30)63-93(69-103)42-48-99-80-114(139(31,32)33)87-115(81-99)140(34,35)36/h37-87,142,145H,1-36H3/b43-37+,44-38+,45-39+,46-40+,47-41+,48-42+,125-117?,125-118?,126-119?,126-121?,127-120?,127-122?,128-123?,128-124?. The lowest BCUT2D eigenvalue weighted by atomic mass is 9.79. The minimum absolute atomic E-state index is 0.0757. The van der Waals surface area contributed by atoms with Gasteiger partial charge in [0.05, 0.1) is 22.8 Å². The Labute approximate surface area is 885 Å². The molecule has 0 atom stereocenters. The van der Waals surface area contributed by atoms with E-state index in [0.717, 1.165) is 160 Å². The van der Waals surface area contributed by atoms with Gasteiger partial charge >= 0.3 is 0 Å². The van der Waals surface area contributed by atoms with Crippen molar-refractivity contribution in [1.82, 2.24) is 19.9 Å². The number of nitrogens with zero attached hydrogens (tertiary/aromatic N) is 2. The number of hydrogen-bond acceptors (Lipinski definition) is 2. The maximum Gasteiger partial charge on any atom is 0.0737 e. The number of benzene rings is 10. The van der Waals surface area contributed by atoms with Crippen LogP contribution in [0.1, 0.15) is 406 Å². The predicted octanol–water partition coefficient (Wildman–Crippen LogP) is 40.5. The van der Waals surface area contributed by atoms with Gasteiger partial charge in [-0.15, -0.1) is 0 Å². The van der Waals surface area contributed by atoms with Gasteiger partial charge in [0.2, 0.25) is 0 Å². The smallest absolute Gasteiger partial charge is 0.0737 e. The van der Waals surface area contributed by atoms with Crippen LogP contribution < -0.4 is 0 Å². The Morgan fingerprint density at radius 2 is 0.303 bits per heavy atom. The zero-order valence-corrected chi connectivity index (χ0v) is 96.4. The second kappa shape index (κ2) is 40.0. The molecule has 0 spiro atoms. The van der Waals surface area contributed by atoms with Crippen molar-refractivity contribution in [3.63, 3.8) is 0 Å². The minimum Gasteiger partial charge on any atom is -0.354 e. The summed E-state index contributed by atoms with van der Waals surface area (Å²) in [6, 6.07) is 82.6. The van der Waals surface area contributed by atoms with Crippen molar-refractivity contribution >= 4 is 142 Å². The zero-order chi connectivity index (χ0) is 106. The van der Waals surface area contributed by atoms with Crippen LogP contribution in [0.5, 0.6) is 0 Å². The Kier molecular flexibility index (Phi) is 29.6. The van der Waals surface area contributed by atoms with Crippen LogP contribution in [0.15, 0.2) is 212 Å². The van der Waals surface area contributed by atoms with Gasteiger partial charge in [-0.05, 0) is 359 Å². The number of nitrogens with one attached hydrogen (secondary N) is 2. The van der Waals surface area contributed by atoms with E-state index < -0.39 is 0 Å². The quantitative estimate of drug-likeness (QED) is 0.0748. The van der Waals surface area contributed by atoms with Gasteiger partial charge in [0.15, 0.2) is 0 Å². The normalized spacial score (nSPS) is 13.7. The van der Waals surface area contributed by atoms with E-state index in [1.165, 1.54) is 66.8 Å². The molecular weight excluding hydrogens is 1860 g/mol. The van der Waals surface area contributed by atoms with E-state index in [1.54, 1.807) is 0 Å². The second-order valence-electron chi connectivity index (χ2n) is 53.7. The molecule has 0 amide bonds. The lowest BCUT2D eigenvalue weighted by Crippen LogP contribution is -2.16. The molecule has 0 saturated carbocycles. The summed E-state index contributed by atoms with van der Waals surface area (Å²) >= 11 is 2.44. The third-order valence-corrected chi connectivity index (χ3v) is 29.3. The average molecular weight is 2030 g/mol. The van der Waals surface area contributed by atoms with Crippen LogP contribution in [0.25, 0.3) is 164 Å². The van der Waals surface area contributed by atoms with E-state index in [-0.39, 0.29) is 65.0 Å². The SMILES string of the molecule is CC(C)(C)c1cc(/C=C/c2cc(/C=C/c3cc(C(C)(C)C)cc(C(C)(C)C)c3)cc(-c3c4nc(c(-c5cc(/C=C/c6cc(C(C)(C)C)cc(C(C)(C)C)c6)cc(/C=C/c6cc(C(C)(C)C)cc(C(C)(C)C)c6)c5)c5ccc([nH]5)c(-c5cc(/C=C/c6cc(C(C)(C)C)cc(C(C)(C)C)c6)cc(/C=C/c6cc(C(C)(C)C)cc(C(C)(C)C)c6)c5)c5nc(c(-c6ccc(I)cc6)c6ccc3[nH]6)C=C5)C=C4)c2)cc(C(C)(C)C)c1. The molecule has 0 radical (unpaired) electrons. The fraction of sp³-hybridized carbons (Fsp3) is 0.343. The molecule has 3 aromatic heterocycles. The maximum atomic E-state index is 6.21. The molecule has 2 aliphatic rings. The van der Waals surface area contributed by atoms with Gasteiger partial charge in [0.1, 0.15) is 0 Å². The van der Waals surface area contributed by atoms with E-state index in [0.29, 0.717) is 0 Å². The average Bonchev–Trinajstić information content (AvgIpc) is 1.61. The first-order valence-electron chi connectivity index (χ1n) is 52.6. The number of aromatic amines is 2. The summed E-state index contributed by atoms with van der Waals surface area (Å²) in [6.07, 6.45) is 37.0. The number of fused-ring (bicyclic) bond motifs is 8. The highest BCUT2D eigenvalue weighted by Gasteiger charge is 2.30. The summed E-state index contributed by atoms with van der Waals surface area (Å²) in [5, 5.41) is 0. The highest BCUT2D eigenvalue weighted by molar-refractivity contribution is 14.1. The molecule has 0 fully saturated rings. The minimum atomic E-state index is -0.0859. The molecule has 8 bridgehead atoms. The first-order valence-corrected chi connectivity index (χ1v) is 53.7.